The number of fused-ring (bicyclic) bond motifs is 1. The van der Waals surface area contributed by atoms with Gasteiger partial charge in [-0.05, 0) is 24.6 Å². The van der Waals surface area contributed by atoms with Crippen LogP contribution in [0.25, 0.3) is 11.1 Å². The maximum Gasteiger partial charge on any atom is 0.266 e. The zero-order valence-corrected chi connectivity index (χ0v) is 9.51. The van der Waals surface area contributed by atoms with E-state index in [0.29, 0.717) is 22.1 Å². The van der Waals surface area contributed by atoms with Crippen molar-refractivity contribution in [3.63, 3.8) is 0 Å². The van der Waals surface area contributed by atoms with Crippen molar-refractivity contribution in [1.29, 1.82) is 0 Å². The van der Waals surface area contributed by atoms with Crippen LogP contribution in [0.1, 0.15) is 6.42 Å². The summed E-state index contributed by atoms with van der Waals surface area (Å²) >= 11 is 1.23. The fourth-order valence-electron chi connectivity index (χ4n) is 1.29. The molecular weight excluding hydrogens is 248 g/mol. The zero-order valence-electron chi connectivity index (χ0n) is 8.69. The Morgan fingerprint density at radius 3 is 3.00 bits per heavy atom. The third-order valence-electron chi connectivity index (χ3n) is 2.02. The number of hydrogen-bond acceptors (Lipinski definition) is 4. The largest absolute Gasteiger partial charge is 0.506 e. The third-order valence-corrected chi connectivity index (χ3v) is 2.88. The van der Waals surface area contributed by atoms with E-state index in [1.807, 2.05) is 0 Å². The maximum atomic E-state index is 11.8. The lowest BCUT2D eigenvalue weighted by atomic mass is 10.3. The summed E-state index contributed by atoms with van der Waals surface area (Å²) in [6, 6.07) is 4.85. The van der Waals surface area contributed by atoms with Crippen molar-refractivity contribution in [3.8, 4) is 5.75 Å². The summed E-state index contributed by atoms with van der Waals surface area (Å²) in [4.78, 5) is 4.07. The molecule has 2 rings (SSSR count). The first-order chi connectivity index (χ1) is 8.16. The van der Waals surface area contributed by atoms with Gasteiger partial charge in [-0.3, -0.25) is 0 Å². The highest BCUT2D eigenvalue weighted by Crippen LogP contribution is 2.29. The van der Waals surface area contributed by atoms with E-state index in [2.05, 4.69) is 4.98 Å². The molecule has 1 aromatic carbocycles. The number of aromatic hydroxyl groups is 1. The fraction of sp³-hybridized carbons (Fsp3) is 0.182. The van der Waals surface area contributed by atoms with E-state index in [-0.39, 0.29) is 12.2 Å². The second-order valence-electron chi connectivity index (χ2n) is 3.23. The normalized spacial score (nSPS) is 10.7. The topological polar surface area (TPSA) is 46.3 Å². The van der Waals surface area contributed by atoms with Gasteiger partial charge in [-0.1, -0.05) is 17.8 Å². The predicted octanol–water partition coefficient (Wildman–Crippen LogP) is 3.80. The third kappa shape index (κ3) is 2.97. The van der Waals surface area contributed by atoms with Gasteiger partial charge in [0.2, 0.25) is 0 Å². The lowest BCUT2D eigenvalue weighted by Crippen LogP contribution is -1.77. The Labute approximate surface area is 100 Å². The molecule has 0 saturated heterocycles. The second kappa shape index (κ2) is 5.18. The maximum absolute atomic E-state index is 11.8. The molecule has 0 unspecified atom stereocenters. The van der Waals surface area contributed by atoms with Gasteiger partial charge < -0.3 is 9.52 Å². The smallest absolute Gasteiger partial charge is 0.266 e. The molecule has 90 valence electrons. The number of benzene rings is 1. The van der Waals surface area contributed by atoms with Crippen LogP contribution in [0.2, 0.25) is 0 Å². The molecule has 1 N–H and O–H groups in total. The van der Waals surface area contributed by atoms with Crippen LogP contribution < -0.4 is 0 Å². The average Bonchev–Trinajstić information content (AvgIpc) is 2.69. The van der Waals surface area contributed by atoms with Crippen molar-refractivity contribution in [2.24, 2.45) is 0 Å². The van der Waals surface area contributed by atoms with Crippen LogP contribution in [0.15, 0.2) is 40.0 Å². The number of thioether (sulfide) groups is 1. The van der Waals surface area contributed by atoms with E-state index in [9.17, 15) is 13.9 Å². The number of allylic oxidation sites excluding steroid dienone is 1. The van der Waals surface area contributed by atoms with Crippen molar-refractivity contribution in [2.75, 3.05) is 5.75 Å². The summed E-state index contributed by atoms with van der Waals surface area (Å²) in [5.74, 6) is 0.498. The molecular formula is C11H9F2NO2S. The first-order valence-electron chi connectivity index (χ1n) is 4.89. The molecule has 0 fully saturated rings. The molecule has 0 amide bonds. The standard InChI is InChI=1S/C11H9F2NO2S/c12-9(13)5-2-6-17-11-14-10-7(15)3-1-4-8(10)16-11/h1,3-5,15H,2,6H2. The van der Waals surface area contributed by atoms with Gasteiger partial charge in [0.25, 0.3) is 11.3 Å². The van der Waals surface area contributed by atoms with Crippen molar-refractivity contribution in [2.45, 2.75) is 11.6 Å². The highest BCUT2D eigenvalue weighted by Gasteiger charge is 2.08. The minimum Gasteiger partial charge on any atom is -0.506 e. The first-order valence-corrected chi connectivity index (χ1v) is 5.88. The van der Waals surface area contributed by atoms with Crippen LogP contribution in [-0.2, 0) is 0 Å². The summed E-state index contributed by atoms with van der Waals surface area (Å²) in [5, 5.41) is 9.86. The number of rotatable bonds is 4. The lowest BCUT2D eigenvalue weighted by Gasteiger charge is -1.90. The minimum absolute atomic E-state index is 0.0489. The molecule has 0 radical (unpaired) electrons. The van der Waals surface area contributed by atoms with E-state index < -0.39 is 6.08 Å². The van der Waals surface area contributed by atoms with Gasteiger partial charge in [0.15, 0.2) is 11.1 Å². The van der Waals surface area contributed by atoms with E-state index >= 15 is 0 Å². The Kier molecular flexibility index (Phi) is 3.63. The summed E-state index contributed by atoms with van der Waals surface area (Å²) < 4.78 is 28.9. The van der Waals surface area contributed by atoms with Gasteiger partial charge in [0, 0.05) is 5.75 Å². The molecule has 0 aliphatic heterocycles. The Morgan fingerprint density at radius 1 is 1.47 bits per heavy atom. The van der Waals surface area contributed by atoms with Crippen LogP contribution in [0, 0.1) is 0 Å². The van der Waals surface area contributed by atoms with Gasteiger partial charge in [-0.2, -0.15) is 13.8 Å². The quantitative estimate of drug-likeness (QED) is 0.668. The molecule has 0 aliphatic rings. The number of halogens is 2. The summed E-state index contributed by atoms with van der Waals surface area (Å²) in [7, 11) is 0. The van der Waals surface area contributed by atoms with Crippen molar-refractivity contribution >= 4 is 22.9 Å². The Bertz CT molecular complexity index is 549. The van der Waals surface area contributed by atoms with Crippen LogP contribution in [0.3, 0.4) is 0 Å². The van der Waals surface area contributed by atoms with Crippen LogP contribution in [-0.4, -0.2) is 15.8 Å². The number of para-hydroxylation sites is 1. The first kappa shape index (κ1) is 11.9. The molecule has 0 spiro atoms. The molecule has 0 aliphatic carbocycles. The molecule has 1 aromatic heterocycles. The summed E-state index contributed by atoms with van der Waals surface area (Å²) in [6.45, 7) is 0. The van der Waals surface area contributed by atoms with Crippen LogP contribution >= 0.6 is 11.8 Å². The molecule has 0 bridgehead atoms. The predicted molar refractivity (Wildman–Crippen MR) is 61.3 cm³/mol. The highest BCUT2D eigenvalue weighted by molar-refractivity contribution is 7.99. The number of oxazole rings is 1. The Morgan fingerprint density at radius 2 is 2.29 bits per heavy atom. The average molecular weight is 257 g/mol. The van der Waals surface area contributed by atoms with Crippen molar-refractivity contribution in [1.82, 2.24) is 4.98 Å². The molecule has 0 saturated carbocycles. The highest BCUT2D eigenvalue weighted by atomic mass is 32.2. The number of hydrogen-bond donors (Lipinski definition) is 1. The van der Waals surface area contributed by atoms with E-state index in [4.69, 9.17) is 4.42 Å². The van der Waals surface area contributed by atoms with Gasteiger partial charge in [-0.15, -0.1) is 0 Å². The van der Waals surface area contributed by atoms with Gasteiger partial charge in [-0.25, -0.2) is 0 Å². The Hall–Kier alpha value is -1.56. The molecule has 17 heavy (non-hydrogen) atoms. The van der Waals surface area contributed by atoms with E-state index in [1.165, 1.54) is 17.8 Å². The molecule has 1 heterocycles. The molecule has 0 atom stereocenters. The second-order valence-corrected chi connectivity index (χ2v) is 4.28. The van der Waals surface area contributed by atoms with E-state index in [0.717, 1.165) is 6.08 Å². The lowest BCUT2D eigenvalue weighted by molar-refractivity contribution is 0.418. The number of phenolic OH excluding ortho intramolecular Hbond substituents is 1. The van der Waals surface area contributed by atoms with Crippen LogP contribution in [0.5, 0.6) is 5.75 Å². The molecule has 2 aromatic rings. The number of aromatic nitrogens is 1. The van der Waals surface area contributed by atoms with E-state index in [1.54, 1.807) is 12.1 Å². The minimum atomic E-state index is -1.68. The van der Waals surface area contributed by atoms with Gasteiger partial charge >= 0.3 is 0 Å². The summed E-state index contributed by atoms with van der Waals surface area (Å²) in [5.41, 5.74) is 0.877. The Balaban J connectivity index is 2.05. The van der Waals surface area contributed by atoms with Gasteiger partial charge in [0.05, 0.1) is 0 Å². The zero-order chi connectivity index (χ0) is 12.3. The summed E-state index contributed by atoms with van der Waals surface area (Å²) in [6.07, 6.45) is -0.578. The monoisotopic (exact) mass is 257 g/mol. The van der Waals surface area contributed by atoms with Crippen molar-refractivity contribution < 1.29 is 18.3 Å². The molecule has 6 heteroatoms. The van der Waals surface area contributed by atoms with Crippen molar-refractivity contribution in [3.05, 3.63) is 30.4 Å². The van der Waals surface area contributed by atoms with Gasteiger partial charge in [0.1, 0.15) is 5.75 Å². The number of nitrogens with zero attached hydrogens (tertiary/aromatic N) is 1. The fourth-order valence-corrected chi connectivity index (χ4v) is 2.00. The molecule has 3 nitrogen and oxygen atoms in total. The number of phenols is 1. The van der Waals surface area contributed by atoms with Crippen LogP contribution in [0.4, 0.5) is 8.78 Å². The SMILES string of the molecule is Oc1cccc2oc(SCCC=C(F)F)nc12.